The zero-order valence-corrected chi connectivity index (χ0v) is 22.3. The van der Waals surface area contributed by atoms with Crippen molar-refractivity contribution in [2.45, 2.75) is 26.4 Å². The van der Waals surface area contributed by atoms with Crippen LogP contribution in [0.5, 0.6) is 5.75 Å². The normalized spacial score (nSPS) is 13.9. The first kappa shape index (κ1) is 25.3. The maximum absolute atomic E-state index is 12.4. The highest BCUT2D eigenvalue weighted by Gasteiger charge is 2.26. The van der Waals surface area contributed by atoms with Gasteiger partial charge in [0.15, 0.2) is 0 Å². The highest BCUT2D eigenvalue weighted by molar-refractivity contribution is 5.94. The number of anilines is 3. The molecule has 0 bridgehead atoms. The molecular formula is C30H33N5O3. The third-order valence-corrected chi connectivity index (χ3v) is 6.41. The van der Waals surface area contributed by atoms with Crippen LogP contribution in [0.1, 0.15) is 20.8 Å². The number of amides is 1. The molecule has 3 aromatic carbocycles. The summed E-state index contributed by atoms with van der Waals surface area (Å²) in [6.07, 6.45) is 1.59. The van der Waals surface area contributed by atoms with Crippen LogP contribution in [0.3, 0.4) is 0 Å². The molecule has 0 spiro atoms. The quantitative estimate of drug-likeness (QED) is 0.346. The van der Waals surface area contributed by atoms with Gasteiger partial charge in [-0.3, -0.25) is 0 Å². The van der Waals surface area contributed by atoms with Gasteiger partial charge < -0.3 is 24.6 Å². The molecule has 1 fully saturated rings. The van der Waals surface area contributed by atoms with Crippen LogP contribution < -0.4 is 15.0 Å². The molecular weight excluding hydrogens is 478 g/mol. The monoisotopic (exact) mass is 511 g/mol. The number of fused-ring (bicyclic) bond motifs is 1. The molecule has 0 atom stereocenters. The SMILES string of the molecule is COc1ccc(-c2cccc3cnc(Nc4cccc(N5CCN(C(=O)OC(C)(C)C)CC5)c4)nc23)cc1. The van der Waals surface area contributed by atoms with Crippen LogP contribution in [0, 0.1) is 0 Å². The number of carbonyl (C=O) groups is 1. The van der Waals surface area contributed by atoms with Gasteiger partial charge >= 0.3 is 6.09 Å². The average molecular weight is 512 g/mol. The van der Waals surface area contributed by atoms with Gasteiger partial charge in [-0.25, -0.2) is 14.8 Å². The van der Waals surface area contributed by atoms with E-state index in [1.54, 1.807) is 12.0 Å². The van der Waals surface area contributed by atoms with Crippen LogP contribution in [0.15, 0.2) is 72.9 Å². The molecule has 8 nitrogen and oxygen atoms in total. The fourth-order valence-electron chi connectivity index (χ4n) is 4.50. The van der Waals surface area contributed by atoms with Gasteiger partial charge in [0.25, 0.3) is 0 Å². The number of aromatic nitrogens is 2. The Morgan fingerprint density at radius 1 is 0.947 bits per heavy atom. The Morgan fingerprint density at radius 2 is 1.68 bits per heavy atom. The Kier molecular flexibility index (Phi) is 7.05. The van der Waals surface area contributed by atoms with Crippen LogP contribution in [0.25, 0.3) is 22.0 Å². The van der Waals surface area contributed by atoms with Crippen LogP contribution >= 0.6 is 0 Å². The summed E-state index contributed by atoms with van der Waals surface area (Å²) in [6.45, 7) is 8.38. The number of piperazine rings is 1. The average Bonchev–Trinajstić information content (AvgIpc) is 2.92. The summed E-state index contributed by atoms with van der Waals surface area (Å²) < 4.78 is 10.8. The Balaban J connectivity index is 1.31. The number of carbonyl (C=O) groups excluding carboxylic acids is 1. The van der Waals surface area contributed by atoms with Crippen molar-refractivity contribution in [1.29, 1.82) is 0 Å². The summed E-state index contributed by atoms with van der Waals surface area (Å²) in [5.41, 5.74) is 4.47. The predicted molar refractivity (Wildman–Crippen MR) is 151 cm³/mol. The van der Waals surface area contributed by atoms with E-state index in [9.17, 15) is 4.79 Å². The second kappa shape index (κ2) is 10.6. The molecule has 4 aromatic rings. The molecule has 0 aliphatic carbocycles. The van der Waals surface area contributed by atoms with Gasteiger partial charge in [-0.2, -0.15) is 0 Å². The maximum Gasteiger partial charge on any atom is 0.410 e. The van der Waals surface area contributed by atoms with Gasteiger partial charge in [0.1, 0.15) is 11.4 Å². The van der Waals surface area contributed by atoms with Crippen LogP contribution in [-0.4, -0.2) is 59.9 Å². The second-order valence-electron chi connectivity index (χ2n) is 10.3. The molecule has 0 unspecified atom stereocenters. The van der Waals surface area contributed by atoms with Gasteiger partial charge in [-0.1, -0.05) is 36.4 Å². The topological polar surface area (TPSA) is 79.8 Å². The third kappa shape index (κ3) is 5.80. The van der Waals surface area contributed by atoms with E-state index in [-0.39, 0.29) is 6.09 Å². The maximum atomic E-state index is 12.4. The molecule has 5 rings (SSSR count). The number of ether oxygens (including phenoxy) is 2. The van der Waals surface area contributed by atoms with Crippen molar-refractivity contribution in [2.24, 2.45) is 0 Å². The largest absolute Gasteiger partial charge is 0.497 e. The zero-order chi connectivity index (χ0) is 26.7. The van der Waals surface area contributed by atoms with E-state index in [1.807, 2.05) is 75.5 Å². The van der Waals surface area contributed by atoms with E-state index >= 15 is 0 Å². The minimum atomic E-state index is -0.492. The Labute approximate surface area is 223 Å². The molecule has 1 aliphatic heterocycles. The minimum Gasteiger partial charge on any atom is -0.497 e. The minimum absolute atomic E-state index is 0.255. The van der Waals surface area contributed by atoms with E-state index in [4.69, 9.17) is 14.5 Å². The Morgan fingerprint density at radius 3 is 2.39 bits per heavy atom. The number of nitrogens with zero attached hydrogens (tertiary/aromatic N) is 4. The lowest BCUT2D eigenvalue weighted by Gasteiger charge is -2.36. The van der Waals surface area contributed by atoms with Gasteiger partial charge in [0.2, 0.25) is 5.95 Å². The molecule has 2 heterocycles. The summed E-state index contributed by atoms with van der Waals surface area (Å²) in [6, 6.07) is 22.3. The van der Waals surface area contributed by atoms with E-state index in [0.29, 0.717) is 19.0 Å². The summed E-state index contributed by atoms with van der Waals surface area (Å²) in [4.78, 5) is 25.9. The smallest absolute Gasteiger partial charge is 0.410 e. The number of rotatable bonds is 5. The van der Waals surface area contributed by atoms with Crippen molar-refractivity contribution in [1.82, 2.24) is 14.9 Å². The molecule has 1 saturated heterocycles. The molecule has 8 heteroatoms. The molecule has 1 aliphatic rings. The van der Waals surface area contributed by atoms with Gasteiger partial charge in [-0.15, -0.1) is 0 Å². The fraction of sp³-hybridized carbons (Fsp3) is 0.300. The summed E-state index contributed by atoms with van der Waals surface area (Å²) in [5.74, 6) is 1.35. The molecule has 196 valence electrons. The molecule has 0 radical (unpaired) electrons. The van der Waals surface area contributed by atoms with Crippen LogP contribution in [-0.2, 0) is 4.74 Å². The van der Waals surface area contributed by atoms with E-state index < -0.39 is 5.60 Å². The van der Waals surface area contributed by atoms with Crippen molar-refractivity contribution in [3.05, 3.63) is 72.9 Å². The Bertz CT molecular complexity index is 1420. The van der Waals surface area contributed by atoms with E-state index in [1.165, 1.54) is 0 Å². The van der Waals surface area contributed by atoms with Crippen LogP contribution in [0.4, 0.5) is 22.1 Å². The molecule has 1 aromatic heterocycles. The van der Waals surface area contributed by atoms with Crippen LogP contribution in [0.2, 0.25) is 0 Å². The zero-order valence-electron chi connectivity index (χ0n) is 22.3. The number of methoxy groups -OCH3 is 1. The van der Waals surface area contributed by atoms with Gasteiger partial charge in [0, 0.05) is 54.7 Å². The van der Waals surface area contributed by atoms with Gasteiger partial charge in [0.05, 0.1) is 12.6 Å². The molecule has 1 N–H and O–H groups in total. The highest BCUT2D eigenvalue weighted by atomic mass is 16.6. The van der Waals surface area contributed by atoms with Gasteiger partial charge in [-0.05, 0) is 56.7 Å². The van der Waals surface area contributed by atoms with Crippen molar-refractivity contribution in [3.63, 3.8) is 0 Å². The Hall–Kier alpha value is -4.33. The first-order chi connectivity index (χ1) is 18.3. The first-order valence-corrected chi connectivity index (χ1v) is 12.8. The number of hydrogen-bond donors (Lipinski definition) is 1. The summed E-state index contributed by atoms with van der Waals surface area (Å²) in [7, 11) is 1.66. The lowest BCUT2D eigenvalue weighted by molar-refractivity contribution is 0.0240. The third-order valence-electron chi connectivity index (χ3n) is 6.41. The number of para-hydroxylation sites is 1. The van der Waals surface area contributed by atoms with Crippen molar-refractivity contribution >= 4 is 34.3 Å². The molecule has 38 heavy (non-hydrogen) atoms. The van der Waals surface area contributed by atoms with E-state index in [0.717, 1.165) is 52.2 Å². The predicted octanol–water partition coefficient (Wildman–Crippen LogP) is 6.11. The number of nitrogens with one attached hydrogen (secondary N) is 1. The highest BCUT2D eigenvalue weighted by Crippen LogP contribution is 2.30. The molecule has 0 saturated carbocycles. The van der Waals surface area contributed by atoms with E-state index in [2.05, 4.69) is 33.4 Å². The fourth-order valence-corrected chi connectivity index (χ4v) is 4.50. The lowest BCUT2D eigenvalue weighted by atomic mass is 10.0. The van der Waals surface area contributed by atoms with Crippen molar-refractivity contribution in [2.75, 3.05) is 43.5 Å². The standard InChI is InChI=1S/C30H33N5O3/c1-30(2,3)38-29(36)35-17-15-34(16-18-35)24-9-6-8-23(19-24)32-28-31-20-22-7-5-10-26(27(22)33-28)21-11-13-25(37-4)14-12-21/h5-14,19-20H,15-18H2,1-4H3,(H,31,32,33). The summed E-state index contributed by atoms with van der Waals surface area (Å²) in [5, 5.41) is 4.34. The number of hydrogen-bond acceptors (Lipinski definition) is 7. The first-order valence-electron chi connectivity index (χ1n) is 12.8. The molecule has 1 amide bonds. The second-order valence-corrected chi connectivity index (χ2v) is 10.3. The number of benzene rings is 3. The van der Waals surface area contributed by atoms with Crippen molar-refractivity contribution in [3.8, 4) is 16.9 Å². The summed E-state index contributed by atoms with van der Waals surface area (Å²) >= 11 is 0. The van der Waals surface area contributed by atoms with Crippen molar-refractivity contribution < 1.29 is 14.3 Å². The lowest BCUT2D eigenvalue weighted by Crippen LogP contribution is -2.50.